The average Bonchev–Trinajstić information content (AvgIpc) is 2.81. The van der Waals surface area contributed by atoms with Crippen LogP contribution < -0.4 is 0 Å². The third kappa shape index (κ3) is 5.41. The quantitative estimate of drug-likeness (QED) is 0.758. The fraction of sp³-hybridized carbons (Fsp3) is 0.556. The van der Waals surface area contributed by atoms with Gasteiger partial charge in [-0.1, -0.05) is 20.3 Å². The second-order valence-electron chi connectivity index (χ2n) is 6.00. The van der Waals surface area contributed by atoms with Gasteiger partial charge < -0.3 is 0 Å². The largest absolute Gasteiger partial charge is 0.300 e. The molecule has 3 heteroatoms. The Morgan fingerprint density at radius 2 is 1.71 bits per heavy atom. The van der Waals surface area contributed by atoms with Crippen LogP contribution in [0.5, 0.6) is 0 Å². The Hall–Kier alpha value is -1.51. The summed E-state index contributed by atoms with van der Waals surface area (Å²) in [6.07, 6.45) is 3.65. The molecule has 0 aliphatic heterocycles. The zero-order chi connectivity index (χ0) is 16.0. The molecular weight excluding hydrogens is 267 g/mol. The van der Waals surface area contributed by atoms with Gasteiger partial charge in [-0.25, -0.2) is 4.39 Å². The Bertz CT molecular complexity index is 478. The van der Waals surface area contributed by atoms with Crippen molar-refractivity contribution in [2.45, 2.75) is 47.0 Å². The van der Waals surface area contributed by atoms with E-state index >= 15 is 0 Å². The summed E-state index contributed by atoms with van der Waals surface area (Å²) in [5.41, 5.74) is 0.543. The highest BCUT2D eigenvalue weighted by atomic mass is 19.1. The van der Waals surface area contributed by atoms with Crippen molar-refractivity contribution in [1.29, 1.82) is 0 Å². The van der Waals surface area contributed by atoms with Gasteiger partial charge in [0, 0.05) is 11.5 Å². The lowest BCUT2D eigenvalue weighted by atomic mass is 9.95. The second-order valence-corrected chi connectivity index (χ2v) is 6.00. The minimum atomic E-state index is -0.315. The molecule has 0 N–H and O–H groups in total. The van der Waals surface area contributed by atoms with Gasteiger partial charge in [-0.15, -0.1) is 0 Å². The number of benzene rings is 1. The van der Waals surface area contributed by atoms with Gasteiger partial charge in [0.05, 0.1) is 0 Å². The monoisotopic (exact) mass is 292 g/mol. The summed E-state index contributed by atoms with van der Waals surface area (Å²) < 4.78 is 12.2. The number of hydrogen-bond acceptors (Lipinski definition) is 2. The van der Waals surface area contributed by atoms with Gasteiger partial charge in [-0.2, -0.15) is 0 Å². The van der Waals surface area contributed by atoms with E-state index in [1.165, 1.54) is 44.0 Å². The van der Waals surface area contributed by atoms with Crippen molar-refractivity contribution in [3.63, 3.8) is 0 Å². The van der Waals surface area contributed by atoms with Crippen molar-refractivity contribution in [2.75, 3.05) is 0 Å². The Morgan fingerprint density at radius 1 is 1.14 bits per heavy atom. The zero-order valence-electron chi connectivity index (χ0n) is 13.4. The second kappa shape index (κ2) is 8.06. The first-order chi connectivity index (χ1) is 9.85. The van der Waals surface area contributed by atoms with E-state index in [0.29, 0.717) is 23.2 Å². The number of Topliss-reactive ketones (excluding diaryl/α,β-unsaturated/α-hetero) is 2. The van der Waals surface area contributed by atoms with Crippen LogP contribution in [-0.4, -0.2) is 11.6 Å². The molecule has 0 saturated heterocycles. The van der Waals surface area contributed by atoms with Crippen molar-refractivity contribution >= 4 is 11.6 Å². The molecule has 1 aromatic rings. The third-order valence-corrected chi connectivity index (χ3v) is 4.33. The first-order valence-corrected chi connectivity index (χ1v) is 7.62. The highest BCUT2D eigenvalue weighted by Crippen LogP contribution is 2.37. The average molecular weight is 292 g/mol. The van der Waals surface area contributed by atoms with Gasteiger partial charge >= 0.3 is 0 Å². The molecule has 1 fully saturated rings. The van der Waals surface area contributed by atoms with E-state index in [4.69, 9.17) is 0 Å². The Morgan fingerprint density at radius 3 is 2.05 bits per heavy atom. The van der Waals surface area contributed by atoms with Gasteiger partial charge in [0.1, 0.15) is 11.6 Å². The topological polar surface area (TPSA) is 34.1 Å². The predicted octanol–water partition coefficient (Wildman–Crippen LogP) is 4.68. The van der Waals surface area contributed by atoms with Gasteiger partial charge in [0.15, 0.2) is 5.78 Å². The number of carbonyl (C=O) groups excluding carboxylic acids is 2. The molecule has 0 amide bonds. The van der Waals surface area contributed by atoms with Crippen LogP contribution in [0.15, 0.2) is 24.3 Å². The van der Waals surface area contributed by atoms with E-state index in [2.05, 4.69) is 13.8 Å². The predicted molar refractivity (Wildman–Crippen MR) is 82.8 cm³/mol. The summed E-state index contributed by atoms with van der Waals surface area (Å²) in [6.45, 7) is 7.62. The summed E-state index contributed by atoms with van der Waals surface area (Å²) in [4.78, 5) is 21.8. The summed E-state index contributed by atoms with van der Waals surface area (Å²) in [7, 11) is 0. The highest BCUT2D eigenvalue weighted by Gasteiger charge is 2.32. The molecular formula is C18H25FO2. The lowest BCUT2D eigenvalue weighted by Gasteiger charge is -2.09. The molecule has 0 radical (unpaired) electrons. The van der Waals surface area contributed by atoms with Gasteiger partial charge in [0.25, 0.3) is 0 Å². The van der Waals surface area contributed by atoms with Gasteiger partial charge in [0.2, 0.25) is 0 Å². The minimum absolute atomic E-state index is 0.0417. The van der Waals surface area contributed by atoms with Gasteiger partial charge in [-0.3, -0.25) is 9.59 Å². The Balaban J connectivity index is 0.000000211. The zero-order valence-corrected chi connectivity index (χ0v) is 13.4. The fourth-order valence-electron chi connectivity index (χ4n) is 2.96. The SMILES string of the molecule is CC(=O)c1ccc(F)cc1.CC[C@H]1CC(C)[C@H](C(C)=O)C1. The summed E-state index contributed by atoms with van der Waals surface area (Å²) >= 11 is 0. The molecule has 2 rings (SSSR count). The third-order valence-electron chi connectivity index (χ3n) is 4.33. The normalized spacial score (nSPS) is 24.1. The molecule has 116 valence electrons. The molecule has 0 spiro atoms. The van der Waals surface area contributed by atoms with Crippen LogP contribution >= 0.6 is 0 Å². The van der Waals surface area contributed by atoms with E-state index in [1.54, 1.807) is 6.92 Å². The molecule has 1 aromatic carbocycles. The maximum atomic E-state index is 12.2. The maximum absolute atomic E-state index is 12.2. The van der Waals surface area contributed by atoms with Crippen molar-refractivity contribution in [3.05, 3.63) is 35.6 Å². The van der Waals surface area contributed by atoms with E-state index in [-0.39, 0.29) is 11.6 Å². The summed E-state index contributed by atoms with van der Waals surface area (Å²) in [6, 6.07) is 5.49. The number of rotatable bonds is 3. The lowest BCUT2D eigenvalue weighted by molar-refractivity contribution is -0.121. The van der Waals surface area contributed by atoms with Crippen LogP contribution in [0.2, 0.25) is 0 Å². The smallest absolute Gasteiger partial charge is 0.159 e. The van der Waals surface area contributed by atoms with Crippen LogP contribution in [0.1, 0.15) is 57.3 Å². The van der Waals surface area contributed by atoms with Crippen molar-refractivity contribution in [3.8, 4) is 0 Å². The number of carbonyl (C=O) groups is 2. The number of hydrogen-bond donors (Lipinski definition) is 0. The molecule has 2 nitrogen and oxygen atoms in total. The number of ketones is 2. The highest BCUT2D eigenvalue weighted by molar-refractivity contribution is 5.93. The van der Waals surface area contributed by atoms with E-state index in [9.17, 15) is 14.0 Å². The van der Waals surface area contributed by atoms with Crippen LogP contribution in [0.4, 0.5) is 4.39 Å². The molecule has 1 aliphatic carbocycles. The van der Waals surface area contributed by atoms with Crippen molar-refractivity contribution in [1.82, 2.24) is 0 Å². The van der Waals surface area contributed by atoms with Crippen LogP contribution in [0, 0.1) is 23.6 Å². The lowest BCUT2D eigenvalue weighted by Crippen LogP contribution is -2.12. The van der Waals surface area contributed by atoms with E-state index in [0.717, 1.165) is 12.3 Å². The summed E-state index contributed by atoms with van der Waals surface area (Å²) in [5.74, 6) is 1.87. The molecule has 21 heavy (non-hydrogen) atoms. The van der Waals surface area contributed by atoms with Crippen molar-refractivity contribution in [2.24, 2.45) is 17.8 Å². The first kappa shape index (κ1) is 17.5. The number of halogens is 1. The van der Waals surface area contributed by atoms with Crippen molar-refractivity contribution < 1.29 is 14.0 Å². The van der Waals surface area contributed by atoms with Crippen LogP contribution in [0.3, 0.4) is 0 Å². The Labute approximate surface area is 126 Å². The first-order valence-electron chi connectivity index (χ1n) is 7.62. The van der Waals surface area contributed by atoms with Crippen LogP contribution in [-0.2, 0) is 4.79 Å². The molecule has 1 saturated carbocycles. The molecule has 1 unspecified atom stereocenters. The minimum Gasteiger partial charge on any atom is -0.300 e. The molecule has 0 aromatic heterocycles. The fourth-order valence-corrected chi connectivity index (χ4v) is 2.96. The van der Waals surface area contributed by atoms with E-state index < -0.39 is 0 Å². The molecule has 1 aliphatic rings. The standard InChI is InChI=1S/C10H18O.C8H7FO/c1-4-9-5-7(2)10(6-9)8(3)11;1-6(10)7-2-4-8(9)5-3-7/h7,9-10H,4-6H2,1-3H3;2-5H,1H3/t7?,9-,10+;/m0./s1. The maximum Gasteiger partial charge on any atom is 0.159 e. The van der Waals surface area contributed by atoms with Gasteiger partial charge in [-0.05, 0) is 62.8 Å². The molecule has 0 heterocycles. The Kier molecular flexibility index (Phi) is 6.73. The molecule has 0 bridgehead atoms. The van der Waals surface area contributed by atoms with E-state index in [1.807, 2.05) is 0 Å². The van der Waals surface area contributed by atoms with Crippen LogP contribution in [0.25, 0.3) is 0 Å². The summed E-state index contributed by atoms with van der Waals surface area (Å²) in [5, 5.41) is 0. The molecule has 3 atom stereocenters.